The number of nitrogens with zero attached hydrogens (tertiary/aromatic N) is 4. The van der Waals surface area contributed by atoms with Crippen molar-refractivity contribution in [3.63, 3.8) is 0 Å². The first kappa shape index (κ1) is 19.7. The average Bonchev–Trinajstić information content (AvgIpc) is 2.99. The third-order valence-corrected chi connectivity index (χ3v) is 4.51. The molecule has 0 atom stereocenters. The van der Waals surface area contributed by atoms with Crippen LogP contribution in [-0.2, 0) is 22.3 Å². The van der Waals surface area contributed by atoms with E-state index in [9.17, 15) is 22.8 Å². The molecule has 0 fully saturated rings. The van der Waals surface area contributed by atoms with Crippen molar-refractivity contribution < 1.29 is 27.5 Å². The number of carbonyl (C=O) groups is 2. The highest BCUT2D eigenvalue weighted by Gasteiger charge is 2.35. The maximum absolute atomic E-state index is 13.2. The molecule has 0 unspecified atom stereocenters. The van der Waals surface area contributed by atoms with E-state index in [0.717, 1.165) is 6.07 Å². The summed E-state index contributed by atoms with van der Waals surface area (Å²) >= 11 is 0. The number of hydrogen-bond donors (Lipinski definition) is 0. The second-order valence-electron chi connectivity index (χ2n) is 6.36. The number of urea groups is 1. The highest BCUT2D eigenvalue weighted by atomic mass is 19.4. The molecule has 0 radical (unpaired) electrons. The Labute approximate surface area is 159 Å². The molecule has 1 aromatic carbocycles. The topological polar surface area (TPSA) is 65.5 Å². The summed E-state index contributed by atoms with van der Waals surface area (Å²) in [6, 6.07) is 4.34. The molecule has 7 nitrogen and oxygen atoms in total. The highest BCUT2D eigenvalue weighted by molar-refractivity contribution is 5.99. The van der Waals surface area contributed by atoms with Gasteiger partial charge in [-0.25, -0.2) is 4.79 Å². The summed E-state index contributed by atoms with van der Waals surface area (Å²) in [5, 5.41) is 0. The zero-order chi connectivity index (χ0) is 20.5. The second-order valence-corrected chi connectivity index (χ2v) is 6.36. The van der Waals surface area contributed by atoms with Gasteiger partial charge in [-0.15, -0.1) is 4.99 Å². The summed E-state index contributed by atoms with van der Waals surface area (Å²) in [5.41, 5.74) is -0.797. The largest absolute Gasteiger partial charge is 0.418 e. The number of rotatable bonds is 4. The molecule has 150 valence electrons. The molecule has 3 amide bonds. The number of halogens is 3. The van der Waals surface area contributed by atoms with Crippen LogP contribution in [0, 0.1) is 0 Å². The zero-order valence-electron chi connectivity index (χ0n) is 15.4. The first-order valence-electron chi connectivity index (χ1n) is 8.65. The fourth-order valence-corrected chi connectivity index (χ4v) is 2.82. The highest BCUT2D eigenvalue weighted by Crippen LogP contribution is 2.32. The van der Waals surface area contributed by atoms with Crippen molar-refractivity contribution >= 4 is 18.0 Å². The van der Waals surface area contributed by atoms with Crippen LogP contribution in [0.3, 0.4) is 0 Å². The van der Waals surface area contributed by atoms with Gasteiger partial charge < -0.3 is 14.5 Å². The van der Waals surface area contributed by atoms with Crippen molar-refractivity contribution in [2.24, 2.45) is 4.99 Å². The number of hydrogen-bond acceptors (Lipinski definition) is 4. The third-order valence-electron chi connectivity index (χ3n) is 4.51. The van der Waals surface area contributed by atoms with Gasteiger partial charge in [-0.05, 0) is 18.6 Å². The molecule has 2 aliphatic heterocycles. The van der Waals surface area contributed by atoms with Crippen molar-refractivity contribution in [3.8, 4) is 0 Å². The zero-order valence-corrected chi connectivity index (χ0v) is 15.4. The van der Waals surface area contributed by atoms with Crippen molar-refractivity contribution in [1.82, 2.24) is 14.7 Å². The molecule has 10 heteroatoms. The number of fused-ring (bicyclic) bond motifs is 1. The minimum atomic E-state index is -4.51. The Hall–Kier alpha value is -3.04. The lowest BCUT2D eigenvalue weighted by atomic mass is 10.1. The van der Waals surface area contributed by atoms with Gasteiger partial charge in [-0.1, -0.05) is 18.2 Å². The van der Waals surface area contributed by atoms with Gasteiger partial charge in [0.15, 0.2) is 0 Å². The maximum atomic E-state index is 13.2. The Morgan fingerprint density at radius 3 is 2.68 bits per heavy atom. The molecule has 0 aliphatic carbocycles. The summed E-state index contributed by atoms with van der Waals surface area (Å²) in [5.74, 6) is -0.298. The molecule has 1 aromatic rings. The summed E-state index contributed by atoms with van der Waals surface area (Å²) in [6.45, 7) is 2.43. The fourth-order valence-electron chi connectivity index (χ4n) is 2.82. The molecule has 3 rings (SSSR count). The number of amidine groups is 1. The maximum Gasteiger partial charge on any atom is 0.416 e. The molecule has 0 N–H and O–H groups in total. The van der Waals surface area contributed by atoms with Crippen molar-refractivity contribution in [1.29, 1.82) is 0 Å². The van der Waals surface area contributed by atoms with E-state index in [0.29, 0.717) is 6.54 Å². The summed E-state index contributed by atoms with van der Waals surface area (Å²) in [4.78, 5) is 32.6. The quantitative estimate of drug-likeness (QED) is 0.785. The monoisotopic (exact) mass is 396 g/mol. The van der Waals surface area contributed by atoms with Gasteiger partial charge in [-0.3, -0.25) is 9.69 Å². The molecule has 0 saturated heterocycles. The van der Waals surface area contributed by atoms with E-state index in [1.807, 2.05) is 6.92 Å². The summed E-state index contributed by atoms with van der Waals surface area (Å²) in [6.07, 6.45) is -3.06. The van der Waals surface area contributed by atoms with E-state index in [1.165, 1.54) is 39.1 Å². The smallest absolute Gasteiger partial charge is 0.416 e. The lowest BCUT2D eigenvalue weighted by Crippen LogP contribution is -2.32. The fraction of sp³-hybridized carbons (Fsp3) is 0.389. The molecule has 2 heterocycles. The average molecular weight is 396 g/mol. The standard InChI is InChI=1S/C18H19F3N4O3/c1-3-23(2)15(26)14-11-25-9-8-24(16(27)22-17(25)28-14)10-12-6-4-5-7-13(12)18(19,20)21/h4-7,11H,3,8-10H2,1-2H3. The van der Waals surface area contributed by atoms with E-state index in [2.05, 4.69) is 4.99 Å². The molecule has 0 saturated carbocycles. The van der Waals surface area contributed by atoms with E-state index >= 15 is 0 Å². The Bertz CT molecular complexity index is 851. The SMILES string of the molecule is CCN(C)C(=O)C1=CN2CCN(Cc3ccccc3C(F)(F)F)C(=O)N=C2O1. The molecular formula is C18H19F3N4O3. The number of alkyl halides is 3. The van der Waals surface area contributed by atoms with Crippen LogP contribution in [0.15, 0.2) is 41.2 Å². The Morgan fingerprint density at radius 1 is 1.29 bits per heavy atom. The van der Waals surface area contributed by atoms with E-state index in [1.54, 1.807) is 7.05 Å². The summed E-state index contributed by atoms with van der Waals surface area (Å²) in [7, 11) is 1.61. The van der Waals surface area contributed by atoms with Crippen LogP contribution in [0.2, 0.25) is 0 Å². The van der Waals surface area contributed by atoms with Gasteiger partial charge in [-0.2, -0.15) is 13.2 Å². The lowest BCUT2D eigenvalue weighted by Gasteiger charge is -2.21. The lowest BCUT2D eigenvalue weighted by molar-refractivity contribution is -0.138. The van der Waals surface area contributed by atoms with Gasteiger partial charge in [0.2, 0.25) is 5.76 Å². The van der Waals surface area contributed by atoms with Crippen LogP contribution < -0.4 is 0 Å². The third kappa shape index (κ3) is 3.95. The first-order valence-corrected chi connectivity index (χ1v) is 8.65. The Morgan fingerprint density at radius 2 is 2.00 bits per heavy atom. The van der Waals surface area contributed by atoms with Gasteiger partial charge >= 0.3 is 18.2 Å². The van der Waals surface area contributed by atoms with Crippen LogP contribution in [0.4, 0.5) is 18.0 Å². The number of likely N-dealkylation sites (N-methyl/N-ethyl adjacent to an activating group) is 1. The first-order chi connectivity index (χ1) is 13.2. The molecule has 0 aromatic heterocycles. The Balaban J connectivity index is 1.75. The van der Waals surface area contributed by atoms with E-state index in [4.69, 9.17) is 4.74 Å². The van der Waals surface area contributed by atoms with Crippen molar-refractivity contribution in [2.45, 2.75) is 19.6 Å². The number of aliphatic imine (C=N–C) groups is 1. The van der Waals surface area contributed by atoms with Crippen molar-refractivity contribution in [2.75, 3.05) is 26.7 Å². The minimum absolute atomic E-state index is 0.0116. The molecule has 0 spiro atoms. The molecular weight excluding hydrogens is 377 g/mol. The van der Waals surface area contributed by atoms with Crippen LogP contribution in [0.5, 0.6) is 0 Å². The normalized spacial score (nSPS) is 16.8. The predicted molar refractivity (Wildman–Crippen MR) is 93.9 cm³/mol. The number of amides is 3. The predicted octanol–water partition coefficient (Wildman–Crippen LogP) is 2.65. The van der Waals surface area contributed by atoms with Gasteiger partial charge in [0.05, 0.1) is 11.8 Å². The van der Waals surface area contributed by atoms with Crippen LogP contribution in [-0.4, -0.2) is 59.3 Å². The number of ether oxygens (including phenoxy) is 1. The van der Waals surface area contributed by atoms with Crippen LogP contribution in [0.1, 0.15) is 18.1 Å². The molecule has 28 heavy (non-hydrogen) atoms. The molecule has 2 aliphatic rings. The van der Waals surface area contributed by atoms with Gasteiger partial charge in [0.25, 0.3) is 5.91 Å². The number of benzene rings is 1. The second kappa shape index (κ2) is 7.53. The minimum Gasteiger partial charge on any atom is -0.418 e. The molecule has 0 bridgehead atoms. The number of carbonyl (C=O) groups excluding carboxylic acids is 2. The van der Waals surface area contributed by atoms with Crippen LogP contribution >= 0.6 is 0 Å². The summed E-state index contributed by atoms with van der Waals surface area (Å²) < 4.78 is 44.9. The van der Waals surface area contributed by atoms with Crippen LogP contribution in [0.25, 0.3) is 0 Å². The van der Waals surface area contributed by atoms with E-state index in [-0.39, 0.29) is 42.9 Å². The Kier molecular flexibility index (Phi) is 5.30. The van der Waals surface area contributed by atoms with Gasteiger partial charge in [0, 0.05) is 33.2 Å². The van der Waals surface area contributed by atoms with Gasteiger partial charge in [0.1, 0.15) is 0 Å². The van der Waals surface area contributed by atoms with Crippen molar-refractivity contribution in [3.05, 3.63) is 47.4 Å². The van der Waals surface area contributed by atoms with E-state index < -0.39 is 17.8 Å².